The zero-order valence-electron chi connectivity index (χ0n) is 16.2. The van der Waals surface area contributed by atoms with E-state index < -0.39 is 0 Å². The zero-order valence-corrected chi connectivity index (χ0v) is 17.0. The first kappa shape index (κ1) is 20.4. The smallest absolute Gasteiger partial charge is 0.230 e. The van der Waals surface area contributed by atoms with Crippen molar-refractivity contribution in [2.45, 2.75) is 51.7 Å². The van der Waals surface area contributed by atoms with Crippen molar-refractivity contribution in [1.29, 1.82) is 0 Å². The maximum Gasteiger partial charge on any atom is 0.230 e. The van der Waals surface area contributed by atoms with Gasteiger partial charge in [-0.15, -0.1) is 5.10 Å². The first-order valence-corrected chi connectivity index (χ1v) is 9.75. The van der Waals surface area contributed by atoms with E-state index in [9.17, 15) is 4.79 Å². The van der Waals surface area contributed by atoms with E-state index in [4.69, 9.17) is 0 Å². The molecule has 1 aromatic heterocycles. The van der Waals surface area contributed by atoms with Crippen LogP contribution in [0, 0.1) is 13.8 Å². The van der Waals surface area contributed by atoms with E-state index in [0.29, 0.717) is 11.7 Å². The Labute approximate surface area is 159 Å². The molecule has 0 spiro atoms. The Morgan fingerprint density at radius 2 is 1.96 bits per heavy atom. The number of hydrogen-bond donors (Lipinski definition) is 2. The van der Waals surface area contributed by atoms with E-state index in [1.54, 1.807) is 4.68 Å². The zero-order chi connectivity index (χ0) is 19.2. The lowest BCUT2D eigenvalue weighted by atomic mass is 10.1. The molecule has 1 aromatic carbocycles. The minimum Gasteiger partial charge on any atom is -0.355 e. The van der Waals surface area contributed by atoms with Crippen LogP contribution in [0.15, 0.2) is 23.4 Å². The number of hydrogen-bond acceptors (Lipinski definition) is 6. The lowest BCUT2D eigenvalue weighted by Gasteiger charge is -2.20. The fourth-order valence-corrected chi connectivity index (χ4v) is 2.97. The molecule has 0 aliphatic rings. The van der Waals surface area contributed by atoms with Crippen LogP contribution in [-0.2, 0) is 4.79 Å². The molecule has 1 heterocycles. The first-order valence-electron chi connectivity index (χ1n) is 8.77. The molecule has 0 aliphatic heterocycles. The van der Waals surface area contributed by atoms with Crippen LogP contribution in [0.2, 0.25) is 0 Å². The van der Waals surface area contributed by atoms with E-state index in [0.717, 1.165) is 18.7 Å². The quantitative estimate of drug-likeness (QED) is 0.543. The summed E-state index contributed by atoms with van der Waals surface area (Å²) in [6, 6.07) is 6.06. The molecule has 0 fully saturated rings. The molecule has 0 radical (unpaired) electrons. The largest absolute Gasteiger partial charge is 0.355 e. The lowest BCUT2D eigenvalue weighted by Crippen LogP contribution is -2.38. The van der Waals surface area contributed by atoms with Crippen molar-refractivity contribution < 1.29 is 4.79 Å². The number of benzene rings is 1. The van der Waals surface area contributed by atoms with E-state index >= 15 is 0 Å². The standard InChI is InChI=1S/C18H28N6OS/c1-13-7-8-15(11-14(13)2)24-17(21-22-23-24)26-12-16(25)19-9-6-10-20-18(3,4)5/h7-8,11,20H,6,9-10,12H2,1-5H3,(H,19,25). The van der Waals surface area contributed by atoms with Gasteiger partial charge in [0.25, 0.3) is 0 Å². The monoisotopic (exact) mass is 376 g/mol. The Balaban J connectivity index is 1.80. The number of nitrogens with zero attached hydrogens (tertiary/aromatic N) is 4. The highest BCUT2D eigenvalue weighted by molar-refractivity contribution is 7.99. The Bertz CT molecular complexity index is 738. The van der Waals surface area contributed by atoms with Gasteiger partial charge in [-0.3, -0.25) is 4.79 Å². The van der Waals surface area contributed by atoms with Gasteiger partial charge in [-0.1, -0.05) is 17.8 Å². The number of aryl methyl sites for hydroxylation is 2. The third kappa shape index (κ3) is 6.42. The Kier molecular flexibility index (Phi) is 7.16. The van der Waals surface area contributed by atoms with E-state index in [1.165, 1.54) is 22.9 Å². The van der Waals surface area contributed by atoms with Gasteiger partial charge >= 0.3 is 0 Å². The van der Waals surface area contributed by atoms with Crippen LogP contribution in [-0.4, -0.2) is 50.5 Å². The Morgan fingerprint density at radius 3 is 2.65 bits per heavy atom. The summed E-state index contributed by atoms with van der Waals surface area (Å²) in [6.45, 7) is 12.0. The number of amides is 1. The van der Waals surface area contributed by atoms with Crippen LogP contribution in [0.25, 0.3) is 5.69 Å². The summed E-state index contributed by atoms with van der Waals surface area (Å²) in [5.74, 6) is 0.276. The van der Waals surface area contributed by atoms with Gasteiger partial charge in [0.15, 0.2) is 0 Å². The van der Waals surface area contributed by atoms with Gasteiger partial charge in [0, 0.05) is 12.1 Å². The minimum absolute atomic E-state index is 0.0135. The first-order chi connectivity index (χ1) is 12.3. The van der Waals surface area contributed by atoms with Crippen molar-refractivity contribution in [3.05, 3.63) is 29.3 Å². The molecule has 8 heteroatoms. The van der Waals surface area contributed by atoms with Crippen molar-refractivity contribution in [1.82, 2.24) is 30.8 Å². The topological polar surface area (TPSA) is 84.7 Å². The fourth-order valence-electron chi connectivity index (χ4n) is 2.25. The van der Waals surface area contributed by atoms with Crippen molar-refractivity contribution in [2.75, 3.05) is 18.8 Å². The fraction of sp³-hybridized carbons (Fsp3) is 0.556. The van der Waals surface area contributed by atoms with Crippen LogP contribution in [0.1, 0.15) is 38.3 Å². The second-order valence-corrected chi connectivity index (χ2v) is 8.25. The summed E-state index contributed by atoms with van der Waals surface area (Å²) in [5, 5.41) is 18.7. The molecular weight excluding hydrogens is 348 g/mol. The van der Waals surface area contributed by atoms with Crippen molar-refractivity contribution in [3.8, 4) is 5.69 Å². The summed E-state index contributed by atoms with van der Waals surface area (Å²) < 4.78 is 1.66. The van der Waals surface area contributed by atoms with Crippen LogP contribution in [0.3, 0.4) is 0 Å². The summed E-state index contributed by atoms with van der Waals surface area (Å²) >= 11 is 1.33. The number of rotatable bonds is 8. The molecule has 0 aliphatic carbocycles. The molecule has 2 N–H and O–H groups in total. The maximum atomic E-state index is 12.0. The highest BCUT2D eigenvalue weighted by atomic mass is 32.2. The molecule has 0 saturated carbocycles. The second kappa shape index (κ2) is 9.14. The maximum absolute atomic E-state index is 12.0. The molecule has 7 nitrogen and oxygen atoms in total. The highest BCUT2D eigenvalue weighted by Gasteiger charge is 2.12. The second-order valence-electron chi connectivity index (χ2n) is 7.31. The van der Waals surface area contributed by atoms with Gasteiger partial charge in [0.1, 0.15) is 0 Å². The number of thioether (sulfide) groups is 1. The highest BCUT2D eigenvalue weighted by Crippen LogP contribution is 2.19. The van der Waals surface area contributed by atoms with E-state index in [1.807, 2.05) is 18.2 Å². The molecule has 2 aromatic rings. The number of tetrazole rings is 1. The van der Waals surface area contributed by atoms with Gasteiger partial charge in [-0.2, -0.15) is 4.68 Å². The van der Waals surface area contributed by atoms with Crippen LogP contribution >= 0.6 is 11.8 Å². The third-order valence-electron chi connectivity index (χ3n) is 3.84. The molecule has 26 heavy (non-hydrogen) atoms. The van der Waals surface area contributed by atoms with Crippen molar-refractivity contribution in [2.24, 2.45) is 0 Å². The SMILES string of the molecule is Cc1ccc(-n2nnnc2SCC(=O)NCCCNC(C)(C)C)cc1C. The lowest BCUT2D eigenvalue weighted by molar-refractivity contribution is -0.118. The molecular formula is C18H28N6OS. The molecule has 0 atom stereocenters. The van der Waals surface area contributed by atoms with Crippen LogP contribution in [0.5, 0.6) is 0 Å². The van der Waals surface area contributed by atoms with E-state index in [2.05, 4.69) is 60.8 Å². The number of carbonyl (C=O) groups excluding carboxylic acids is 1. The summed E-state index contributed by atoms with van der Waals surface area (Å²) in [7, 11) is 0. The number of aromatic nitrogens is 4. The molecule has 0 bridgehead atoms. The minimum atomic E-state index is -0.0135. The molecule has 0 unspecified atom stereocenters. The van der Waals surface area contributed by atoms with Crippen LogP contribution in [0.4, 0.5) is 0 Å². The van der Waals surface area contributed by atoms with Crippen LogP contribution < -0.4 is 10.6 Å². The Hall–Kier alpha value is -1.93. The predicted octanol–water partition coefficient (Wildman–Crippen LogP) is 2.27. The molecule has 0 saturated heterocycles. The molecule has 2 rings (SSSR count). The van der Waals surface area contributed by atoms with Gasteiger partial charge in [0.05, 0.1) is 11.4 Å². The predicted molar refractivity (Wildman–Crippen MR) is 105 cm³/mol. The van der Waals surface area contributed by atoms with Gasteiger partial charge in [-0.05, 0) is 81.3 Å². The normalized spacial score (nSPS) is 11.6. The number of carbonyl (C=O) groups is 1. The third-order valence-corrected chi connectivity index (χ3v) is 4.76. The van der Waals surface area contributed by atoms with Crippen molar-refractivity contribution in [3.63, 3.8) is 0 Å². The van der Waals surface area contributed by atoms with Crippen molar-refractivity contribution >= 4 is 17.7 Å². The van der Waals surface area contributed by atoms with Gasteiger partial charge in [0.2, 0.25) is 11.1 Å². The van der Waals surface area contributed by atoms with Gasteiger partial charge < -0.3 is 10.6 Å². The summed E-state index contributed by atoms with van der Waals surface area (Å²) in [5.41, 5.74) is 3.40. The molecule has 1 amide bonds. The average Bonchev–Trinajstić information content (AvgIpc) is 3.02. The summed E-state index contributed by atoms with van der Waals surface area (Å²) in [4.78, 5) is 12.0. The number of nitrogens with one attached hydrogen (secondary N) is 2. The molecule has 142 valence electrons. The summed E-state index contributed by atoms with van der Waals surface area (Å²) in [6.07, 6.45) is 0.897. The van der Waals surface area contributed by atoms with Gasteiger partial charge in [-0.25, -0.2) is 0 Å². The van der Waals surface area contributed by atoms with E-state index in [-0.39, 0.29) is 17.2 Å². The average molecular weight is 377 g/mol. The Morgan fingerprint density at radius 1 is 1.19 bits per heavy atom.